The molecule has 30 heavy (non-hydrogen) atoms. The first-order chi connectivity index (χ1) is 14.6. The Balaban J connectivity index is 1.54. The highest BCUT2D eigenvalue weighted by Gasteiger charge is 2.28. The molecule has 1 unspecified atom stereocenters. The Morgan fingerprint density at radius 2 is 2.10 bits per heavy atom. The lowest BCUT2D eigenvalue weighted by Gasteiger charge is -2.13. The fourth-order valence-corrected chi connectivity index (χ4v) is 4.01. The molecule has 0 saturated heterocycles. The van der Waals surface area contributed by atoms with Crippen LogP contribution in [0.3, 0.4) is 0 Å². The van der Waals surface area contributed by atoms with Gasteiger partial charge in [0.15, 0.2) is 5.95 Å². The summed E-state index contributed by atoms with van der Waals surface area (Å²) in [6.07, 6.45) is 2.37. The van der Waals surface area contributed by atoms with Gasteiger partial charge in [-0.05, 0) is 59.3 Å². The molecule has 0 spiro atoms. The van der Waals surface area contributed by atoms with Crippen molar-refractivity contribution in [3.05, 3.63) is 54.7 Å². The van der Waals surface area contributed by atoms with Crippen molar-refractivity contribution in [2.24, 2.45) is 0 Å². The third-order valence-electron chi connectivity index (χ3n) is 4.63. The summed E-state index contributed by atoms with van der Waals surface area (Å²) >= 11 is 1.13. The van der Waals surface area contributed by atoms with Gasteiger partial charge in [0, 0.05) is 34.9 Å². The zero-order valence-electron chi connectivity index (χ0n) is 16.4. The first-order valence-electron chi connectivity index (χ1n) is 9.37. The SMILES string of the molecule is CCC(Sc1c([O-])on[n+]1-c1ccc(OC)cc1)C(=O)Nc1ccc2[nH]ccc2c1. The van der Waals surface area contributed by atoms with Crippen LogP contribution in [0, 0.1) is 0 Å². The van der Waals surface area contributed by atoms with Crippen LogP contribution in [0.4, 0.5) is 5.69 Å². The second-order valence-corrected chi connectivity index (χ2v) is 7.75. The van der Waals surface area contributed by atoms with E-state index in [9.17, 15) is 9.90 Å². The average molecular weight is 424 g/mol. The van der Waals surface area contributed by atoms with Gasteiger partial charge in [-0.25, -0.2) is 0 Å². The lowest BCUT2D eigenvalue weighted by atomic mass is 10.2. The zero-order valence-corrected chi connectivity index (χ0v) is 17.2. The Labute approximate surface area is 176 Å². The number of nitrogens with zero attached hydrogens (tertiary/aromatic N) is 2. The molecule has 4 aromatic rings. The van der Waals surface area contributed by atoms with Gasteiger partial charge in [0.25, 0.3) is 5.03 Å². The summed E-state index contributed by atoms with van der Waals surface area (Å²) in [4.78, 5) is 16.0. The predicted molar refractivity (Wildman–Crippen MR) is 111 cm³/mol. The Kier molecular flexibility index (Phi) is 5.62. The maximum atomic E-state index is 12.9. The van der Waals surface area contributed by atoms with Crippen LogP contribution in [0.15, 0.2) is 64.3 Å². The molecule has 0 saturated carbocycles. The number of rotatable bonds is 7. The Hall–Kier alpha value is -3.46. The van der Waals surface area contributed by atoms with E-state index in [1.807, 2.05) is 37.4 Å². The van der Waals surface area contributed by atoms with Gasteiger partial charge in [-0.1, -0.05) is 6.92 Å². The van der Waals surface area contributed by atoms with Gasteiger partial charge in [-0.15, -0.1) is 0 Å². The van der Waals surface area contributed by atoms with E-state index in [1.54, 1.807) is 31.4 Å². The molecule has 4 rings (SSSR count). The first-order valence-corrected chi connectivity index (χ1v) is 10.2. The highest BCUT2D eigenvalue weighted by Crippen LogP contribution is 2.30. The first kappa shape index (κ1) is 19.8. The molecular formula is C21H20N4O4S. The Morgan fingerprint density at radius 3 is 2.83 bits per heavy atom. The molecule has 0 bridgehead atoms. The van der Waals surface area contributed by atoms with Crippen LogP contribution in [0.5, 0.6) is 11.7 Å². The standard InChI is InChI=1S/C21H19N4O4S/c1-3-18(19(26)23-14-4-9-17-13(12-14)10-11-22-17)30-20-21(27)29-24-25(20)15-5-7-16(28-2)8-6-15/h4-12,18,27H,3H2,1-2H3/q-1/p+1. The third-order valence-corrected chi connectivity index (χ3v) is 6.02. The molecule has 0 aliphatic carbocycles. The number of nitrogens with one attached hydrogen (secondary N) is 2. The molecule has 9 heteroatoms. The second kappa shape index (κ2) is 8.50. The molecular weight excluding hydrogens is 404 g/mol. The molecule has 0 aliphatic rings. The van der Waals surface area contributed by atoms with E-state index in [0.717, 1.165) is 22.7 Å². The van der Waals surface area contributed by atoms with Gasteiger partial charge in [-0.2, -0.15) is 0 Å². The molecule has 0 fully saturated rings. The molecule has 2 aromatic heterocycles. The quantitative estimate of drug-likeness (QED) is 0.349. The Morgan fingerprint density at radius 1 is 1.30 bits per heavy atom. The molecule has 8 nitrogen and oxygen atoms in total. The molecule has 1 atom stereocenters. The van der Waals surface area contributed by atoms with Crippen molar-refractivity contribution >= 4 is 34.3 Å². The van der Waals surface area contributed by atoms with Crippen molar-refractivity contribution in [1.29, 1.82) is 0 Å². The number of hydrogen-bond donors (Lipinski definition) is 2. The third kappa shape index (κ3) is 3.97. The maximum absolute atomic E-state index is 12.9. The van der Waals surface area contributed by atoms with Crippen molar-refractivity contribution < 1.29 is 23.8 Å². The van der Waals surface area contributed by atoms with E-state index in [0.29, 0.717) is 23.5 Å². The minimum Gasteiger partial charge on any atom is -0.538 e. The number of hydrogen-bond acceptors (Lipinski definition) is 6. The number of fused-ring (bicyclic) bond motifs is 1. The van der Waals surface area contributed by atoms with Crippen LogP contribution in [-0.2, 0) is 4.79 Å². The van der Waals surface area contributed by atoms with Crippen molar-refractivity contribution in [3.63, 3.8) is 0 Å². The molecule has 1 amide bonds. The molecule has 2 aromatic carbocycles. The number of methoxy groups -OCH3 is 1. The number of aromatic nitrogens is 3. The fraction of sp³-hybridized carbons (Fsp3) is 0.190. The number of amides is 1. The van der Waals surface area contributed by atoms with E-state index in [-0.39, 0.29) is 10.9 Å². The molecule has 154 valence electrons. The summed E-state index contributed by atoms with van der Waals surface area (Å²) in [7, 11) is 1.58. The highest BCUT2D eigenvalue weighted by molar-refractivity contribution is 8.00. The zero-order chi connectivity index (χ0) is 21.1. The summed E-state index contributed by atoms with van der Waals surface area (Å²) < 4.78 is 11.4. The average Bonchev–Trinajstić information content (AvgIpc) is 3.38. The monoisotopic (exact) mass is 424 g/mol. The van der Waals surface area contributed by atoms with Gasteiger partial charge in [0.05, 0.1) is 17.6 Å². The van der Waals surface area contributed by atoms with Crippen molar-refractivity contribution in [1.82, 2.24) is 10.3 Å². The van der Waals surface area contributed by atoms with E-state index < -0.39 is 11.2 Å². The summed E-state index contributed by atoms with van der Waals surface area (Å²) in [5.41, 5.74) is 2.33. The molecule has 0 radical (unpaired) electrons. The fourth-order valence-electron chi connectivity index (χ4n) is 3.04. The molecule has 0 aliphatic heterocycles. The maximum Gasteiger partial charge on any atom is 0.298 e. The minimum absolute atomic E-state index is 0.195. The normalized spacial score (nSPS) is 12.1. The number of carbonyl (C=O) groups is 1. The lowest BCUT2D eigenvalue weighted by Crippen LogP contribution is -2.36. The van der Waals surface area contributed by atoms with Crippen LogP contribution >= 0.6 is 11.8 Å². The number of anilines is 1. The summed E-state index contributed by atoms with van der Waals surface area (Å²) in [5, 5.41) is 19.8. The van der Waals surface area contributed by atoms with E-state index in [1.165, 1.54) is 4.68 Å². The van der Waals surface area contributed by atoms with Crippen molar-refractivity contribution in [2.75, 3.05) is 12.4 Å². The van der Waals surface area contributed by atoms with E-state index in [4.69, 9.17) is 9.26 Å². The summed E-state index contributed by atoms with van der Waals surface area (Å²) in [6, 6.07) is 14.6. The van der Waals surface area contributed by atoms with Gasteiger partial charge in [0.1, 0.15) is 5.75 Å². The topological polar surface area (TPSA) is 107 Å². The Bertz CT molecular complexity index is 1170. The van der Waals surface area contributed by atoms with Crippen molar-refractivity contribution in [3.8, 4) is 17.4 Å². The van der Waals surface area contributed by atoms with Gasteiger partial charge >= 0.3 is 0 Å². The lowest BCUT2D eigenvalue weighted by molar-refractivity contribution is -0.705. The van der Waals surface area contributed by atoms with E-state index in [2.05, 4.69) is 15.6 Å². The van der Waals surface area contributed by atoms with Gasteiger partial charge in [-0.3, -0.25) is 4.79 Å². The number of benzene rings is 2. The van der Waals surface area contributed by atoms with Crippen LogP contribution in [0.2, 0.25) is 0 Å². The number of ether oxygens (including phenoxy) is 1. The van der Waals surface area contributed by atoms with Gasteiger partial charge in [0.2, 0.25) is 11.6 Å². The number of thioether (sulfide) groups is 1. The molecule has 2 N–H and O–H groups in total. The summed E-state index contributed by atoms with van der Waals surface area (Å²) in [5.74, 6) is -0.0975. The highest BCUT2D eigenvalue weighted by atomic mass is 32.2. The van der Waals surface area contributed by atoms with E-state index >= 15 is 0 Å². The largest absolute Gasteiger partial charge is 0.538 e. The van der Waals surface area contributed by atoms with Crippen LogP contribution < -0.4 is 19.8 Å². The van der Waals surface area contributed by atoms with Crippen LogP contribution in [-0.4, -0.2) is 28.5 Å². The second-order valence-electron chi connectivity index (χ2n) is 6.56. The molecule has 2 heterocycles. The van der Waals surface area contributed by atoms with Crippen LogP contribution in [0.1, 0.15) is 13.3 Å². The predicted octanol–water partition coefficient (Wildman–Crippen LogP) is 3.02. The summed E-state index contributed by atoms with van der Waals surface area (Å²) in [6.45, 7) is 1.89. The number of carbonyl (C=O) groups excluding carboxylic acids is 1. The number of aromatic amines is 1. The van der Waals surface area contributed by atoms with Gasteiger partial charge < -0.3 is 24.7 Å². The van der Waals surface area contributed by atoms with Crippen LogP contribution in [0.25, 0.3) is 16.6 Å². The number of H-pyrrole nitrogens is 1. The van der Waals surface area contributed by atoms with Crippen molar-refractivity contribution in [2.45, 2.75) is 23.6 Å². The smallest absolute Gasteiger partial charge is 0.298 e. The minimum atomic E-state index is -0.587.